The minimum atomic E-state index is -0.157. The van der Waals surface area contributed by atoms with Gasteiger partial charge in [-0.15, -0.1) is 0 Å². The summed E-state index contributed by atoms with van der Waals surface area (Å²) < 4.78 is 0. The smallest absolute Gasteiger partial charge is 0.140 e. The first-order valence-corrected chi connectivity index (χ1v) is 10.7. The van der Waals surface area contributed by atoms with Crippen LogP contribution < -0.4 is 0 Å². The lowest BCUT2D eigenvalue weighted by molar-refractivity contribution is -0.129. The van der Waals surface area contributed by atoms with Gasteiger partial charge in [0.1, 0.15) is 5.78 Å². The van der Waals surface area contributed by atoms with Crippen molar-refractivity contribution in [2.24, 2.45) is 11.3 Å². The minimum Gasteiger partial charge on any atom is -0.299 e. The number of Topliss-reactive ketones (excluding diaryl/α,β-unsaturated/α-hetero) is 1. The molecule has 26 heavy (non-hydrogen) atoms. The van der Waals surface area contributed by atoms with E-state index >= 15 is 0 Å². The summed E-state index contributed by atoms with van der Waals surface area (Å²) in [5.41, 5.74) is 2.62. The SMILES string of the molecule is CC.CCC(C)C(=O)C(C)(C)C.CCCCC.CCc1cccc(C)c1. The zero-order valence-electron chi connectivity index (χ0n) is 19.8. The summed E-state index contributed by atoms with van der Waals surface area (Å²) >= 11 is 0. The van der Waals surface area contributed by atoms with Crippen molar-refractivity contribution in [1.29, 1.82) is 0 Å². The van der Waals surface area contributed by atoms with Crippen molar-refractivity contribution in [3.8, 4) is 0 Å². The number of aryl methyl sites for hydroxylation is 2. The average Bonchev–Trinajstić information content (AvgIpc) is 2.63. The molecular formula is C25H48O. The molecule has 0 spiro atoms. The van der Waals surface area contributed by atoms with E-state index in [-0.39, 0.29) is 11.3 Å². The Balaban J connectivity index is -0.000000305. The van der Waals surface area contributed by atoms with Crippen LogP contribution in [0.2, 0.25) is 0 Å². The number of hydrogen-bond donors (Lipinski definition) is 0. The van der Waals surface area contributed by atoms with Crippen LogP contribution in [0, 0.1) is 18.3 Å². The molecule has 1 rings (SSSR count). The first-order chi connectivity index (χ1) is 12.1. The molecule has 0 fully saturated rings. The molecular weight excluding hydrogens is 316 g/mol. The summed E-state index contributed by atoms with van der Waals surface area (Å²) in [7, 11) is 0. The van der Waals surface area contributed by atoms with Gasteiger partial charge < -0.3 is 0 Å². The fourth-order valence-corrected chi connectivity index (χ4v) is 2.21. The van der Waals surface area contributed by atoms with Gasteiger partial charge in [0.15, 0.2) is 0 Å². The molecule has 1 atom stereocenters. The molecule has 0 N–H and O–H groups in total. The van der Waals surface area contributed by atoms with Gasteiger partial charge >= 0.3 is 0 Å². The van der Waals surface area contributed by atoms with Crippen molar-refractivity contribution in [2.45, 2.75) is 108 Å². The molecule has 1 nitrogen and oxygen atoms in total. The lowest BCUT2D eigenvalue weighted by Crippen LogP contribution is -2.26. The molecule has 1 unspecified atom stereocenters. The Bertz CT molecular complexity index is 424. The highest BCUT2D eigenvalue weighted by Gasteiger charge is 2.24. The van der Waals surface area contributed by atoms with E-state index in [1.807, 2.05) is 48.5 Å². The van der Waals surface area contributed by atoms with E-state index in [1.165, 1.54) is 30.4 Å². The topological polar surface area (TPSA) is 17.1 Å². The Morgan fingerprint density at radius 3 is 1.69 bits per heavy atom. The second kappa shape index (κ2) is 18.7. The van der Waals surface area contributed by atoms with Crippen molar-refractivity contribution in [2.75, 3.05) is 0 Å². The molecule has 1 aromatic carbocycles. The van der Waals surface area contributed by atoms with Crippen molar-refractivity contribution in [3.05, 3.63) is 35.4 Å². The number of unbranched alkanes of at least 4 members (excludes halogenated alkanes) is 2. The maximum Gasteiger partial charge on any atom is 0.140 e. The van der Waals surface area contributed by atoms with E-state index in [0.29, 0.717) is 5.78 Å². The fourth-order valence-electron chi connectivity index (χ4n) is 2.21. The van der Waals surface area contributed by atoms with Crippen molar-refractivity contribution >= 4 is 5.78 Å². The highest BCUT2D eigenvalue weighted by Crippen LogP contribution is 2.21. The van der Waals surface area contributed by atoms with Gasteiger partial charge in [-0.25, -0.2) is 0 Å². The zero-order valence-corrected chi connectivity index (χ0v) is 19.8. The Labute approximate surface area is 166 Å². The van der Waals surface area contributed by atoms with Crippen LogP contribution >= 0.6 is 0 Å². The fraction of sp³-hybridized carbons (Fsp3) is 0.720. The van der Waals surface area contributed by atoms with Gasteiger partial charge in [-0.3, -0.25) is 4.79 Å². The summed E-state index contributed by atoms with van der Waals surface area (Å²) in [6.45, 7) is 22.7. The molecule has 0 saturated carbocycles. The monoisotopic (exact) mass is 364 g/mol. The summed E-state index contributed by atoms with van der Waals surface area (Å²) in [4.78, 5) is 11.4. The average molecular weight is 365 g/mol. The molecule has 154 valence electrons. The standard InChI is InChI=1S/C9H18O.C9H12.C5H12.C2H6/c1-6-7(2)8(10)9(3,4)5;1-3-9-6-4-5-8(2)7-9;1-3-5-4-2;1-2/h7H,6H2,1-5H3;4-7H,3H2,1-2H3;3-5H2,1-2H3;1-2H3. The van der Waals surface area contributed by atoms with Crippen LogP contribution in [0.4, 0.5) is 0 Å². The van der Waals surface area contributed by atoms with Crippen LogP contribution in [-0.4, -0.2) is 5.78 Å². The van der Waals surface area contributed by atoms with E-state index < -0.39 is 0 Å². The second-order valence-electron chi connectivity index (χ2n) is 7.62. The van der Waals surface area contributed by atoms with Gasteiger partial charge in [0.2, 0.25) is 0 Å². The first-order valence-electron chi connectivity index (χ1n) is 10.7. The summed E-state index contributed by atoms with van der Waals surface area (Å²) in [5, 5.41) is 0. The third-order valence-corrected chi connectivity index (χ3v) is 4.00. The van der Waals surface area contributed by atoms with Crippen molar-refractivity contribution < 1.29 is 4.79 Å². The van der Waals surface area contributed by atoms with Crippen LogP contribution in [0.1, 0.15) is 106 Å². The van der Waals surface area contributed by atoms with E-state index in [2.05, 4.69) is 52.0 Å². The summed E-state index contributed by atoms with van der Waals surface area (Å²) in [5.74, 6) is 0.593. The third kappa shape index (κ3) is 17.7. The Kier molecular flexibility index (Phi) is 21.3. The molecule has 1 aromatic rings. The Morgan fingerprint density at radius 2 is 1.50 bits per heavy atom. The normalized spacial score (nSPS) is 10.9. The molecule has 1 heteroatoms. The first kappa shape index (κ1) is 29.6. The maximum absolute atomic E-state index is 11.4. The van der Waals surface area contributed by atoms with Crippen LogP contribution in [0.5, 0.6) is 0 Å². The van der Waals surface area contributed by atoms with Gasteiger partial charge in [0, 0.05) is 11.3 Å². The van der Waals surface area contributed by atoms with Gasteiger partial charge in [0.05, 0.1) is 0 Å². The van der Waals surface area contributed by atoms with Gasteiger partial charge in [-0.05, 0) is 25.3 Å². The quantitative estimate of drug-likeness (QED) is 0.512. The molecule has 0 aliphatic rings. The molecule has 0 aromatic heterocycles. The van der Waals surface area contributed by atoms with Gasteiger partial charge in [-0.1, -0.05) is 118 Å². The Morgan fingerprint density at radius 1 is 1.00 bits per heavy atom. The number of benzene rings is 1. The van der Waals surface area contributed by atoms with Crippen LogP contribution in [0.15, 0.2) is 24.3 Å². The number of rotatable bonds is 5. The highest BCUT2D eigenvalue weighted by molar-refractivity contribution is 5.85. The van der Waals surface area contributed by atoms with E-state index in [4.69, 9.17) is 0 Å². The Hall–Kier alpha value is -1.11. The number of carbonyl (C=O) groups excluding carboxylic acids is 1. The largest absolute Gasteiger partial charge is 0.299 e. The van der Waals surface area contributed by atoms with E-state index in [1.54, 1.807) is 0 Å². The molecule has 0 saturated heterocycles. The summed E-state index contributed by atoms with van der Waals surface area (Å²) in [6, 6.07) is 8.61. The molecule has 0 radical (unpaired) electrons. The zero-order chi connectivity index (χ0) is 21.2. The maximum atomic E-state index is 11.4. The highest BCUT2D eigenvalue weighted by atomic mass is 16.1. The molecule has 0 aliphatic heterocycles. The van der Waals surface area contributed by atoms with Gasteiger partial charge in [-0.2, -0.15) is 0 Å². The van der Waals surface area contributed by atoms with Crippen LogP contribution in [0.3, 0.4) is 0 Å². The number of carbonyl (C=O) groups is 1. The van der Waals surface area contributed by atoms with Crippen LogP contribution in [-0.2, 0) is 11.2 Å². The molecule has 0 amide bonds. The summed E-state index contributed by atoms with van der Waals surface area (Å²) in [6.07, 6.45) is 6.17. The molecule has 0 bridgehead atoms. The number of hydrogen-bond acceptors (Lipinski definition) is 1. The number of ketones is 1. The molecule has 0 aliphatic carbocycles. The lowest BCUT2D eigenvalue weighted by Gasteiger charge is -2.20. The minimum absolute atomic E-state index is 0.157. The predicted molar refractivity (Wildman–Crippen MR) is 121 cm³/mol. The van der Waals surface area contributed by atoms with Crippen molar-refractivity contribution in [3.63, 3.8) is 0 Å². The lowest BCUT2D eigenvalue weighted by atomic mass is 9.83. The van der Waals surface area contributed by atoms with E-state index in [9.17, 15) is 4.79 Å². The van der Waals surface area contributed by atoms with E-state index in [0.717, 1.165) is 12.8 Å². The van der Waals surface area contributed by atoms with Crippen molar-refractivity contribution in [1.82, 2.24) is 0 Å². The predicted octanol–water partition coefficient (Wildman–Crippen LogP) is 8.43. The molecule has 0 heterocycles. The second-order valence-corrected chi connectivity index (χ2v) is 7.62. The van der Waals surface area contributed by atoms with Gasteiger partial charge in [0.25, 0.3) is 0 Å². The third-order valence-electron chi connectivity index (χ3n) is 4.00. The van der Waals surface area contributed by atoms with Crippen LogP contribution in [0.25, 0.3) is 0 Å².